The minimum atomic E-state index is 0.725. The van der Waals surface area contributed by atoms with Crippen molar-refractivity contribution in [3.05, 3.63) is 54.2 Å². The van der Waals surface area contributed by atoms with E-state index in [2.05, 4.69) is 34.1 Å². The number of aromatic nitrogens is 1. The Balaban J connectivity index is 1.99. The highest BCUT2D eigenvalue weighted by atomic mass is 15.2. The molecule has 3 heteroatoms. The Kier molecular flexibility index (Phi) is 3.60. The van der Waals surface area contributed by atoms with Crippen molar-refractivity contribution in [3.8, 4) is 0 Å². The van der Waals surface area contributed by atoms with Crippen LogP contribution in [0, 0.1) is 0 Å². The fourth-order valence-corrected chi connectivity index (χ4v) is 1.78. The first-order chi connectivity index (χ1) is 8.27. The van der Waals surface area contributed by atoms with Gasteiger partial charge in [-0.1, -0.05) is 30.3 Å². The van der Waals surface area contributed by atoms with Gasteiger partial charge in [-0.3, -0.25) is 0 Å². The summed E-state index contributed by atoms with van der Waals surface area (Å²) < 4.78 is 0. The molecule has 1 aromatic carbocycles. The molecule has 0 unspecified atom stereocenters. The molecule has 0 aliphatic carbocycles. The Bertz CT molecular complexity index is 468. The molecule has 0 fully saturated rings. The van der Waals surface area contributed by atoms with Gasteiger partial charge < -0.3 is 10.6 Å². The van der Waals surface area contributed by atoms with Crippen LogP contribution in [-0.4, -0.2) is 18.6 Å². The summed E-state index contributed by atoms with van der Waals surface area (Å²) in [7, 11) is 2.02. The van der Waals surface area contributed by atoms with Gasteiger partial charge in [-0.25, -0.2) is 4.98 Å². The summed E-state index contributed by atoms with van der Waals surface area (Å²) in [4.78, 5) is 6.38. The van der Waals surface area contributed by atoms with Crippen molar-refractivity contribution in [1.29, 1.82) is 0 Å². The van der Waals surface area contributed by atoms with Gasteiger partial charge in [0.25, 0.3) is 0 Å². The second-order valence-corrected chi connectivity index (χ2v) is 4.07. The summed E-state index contributed by atoms with van der Waals surface area (Å²) in [5.41, 5.74) is 7.94. The molecule has 3 nitrogen and oxygen atoms in total. The van der Waals surface area contributed by atoms with Gasteiger partial charge in [0.1, 0.15) is 0 Å². The van der Waals surface area contributed by atoms with Gasteiger partial charge in [0.05, 0.1) is 5.69 Å². The molecule has 2 N–H and O–H groups in total. The molecule has 0 aliphatic rings. The van der Waals surface area contributed by atoms with Crippen molar-refractivity contribution in [2.75, 3.05) is 24.2 Å². The third kappa shape index (κ3) is 2.97. The minimum Gasteiger partial charge on any atom is -0.396 e. The van der Waals surface area contributed by atoms with Crippen LogP contribution in [0.5, 0.6) is 0 Å². The highest BCUT2D eigenvalue weighted by Crippen LogP contribution is 2.17. The average Bonchev–Trinajstić information content (AvgIpc) is 2.38. The normalized spacial score (nSPS) is 10.2. The number of pyridine rings is 1. The van der Waals surface area contributed by atoms with E-state index in [0.717, 1.165) is 24.5 Å². The number of anilines is 2. The smallest absolute Gasteiger partial charge is 0.151 e. The monoisotopic (exact) mass is 227 g/mol. The van der Waals surface area contributed by atoms with Gasteiger partial charge in [-0.2, -0.15) is 0 Å². The van der Waals surface area contributed by atoms with E-state index in [9.17, 15) is 0 Å². The summed E-state index contributed by atoms with van der Waals surface area (Å²) in [5.74, 6) is 0.850. The molecular formula is C14H17N3. The van der Waals surface area contributed by atoms with E-state index in [1.165, 1.54) is 5.56 Å². The predicted molar refractivity (Wildman–Crippen MR) is 72.1 cm³/mol. The van der Waals surface area contributed by atoms with Gasteiger partial charge >= 0.3 is 0 Å². The van der Waals surface area contributed by atoms with Crippen molar-refractivity contribution in [3.63, 3.8) is 0 Å². The molecule has 0 radical (unpaired) electrons. The Morgan fingerprint density at radius 2 is 1.88 bits per heavy atom. The zero-order valence-corrected chi connectivity index (χ0v) is 10.0. The number of hydrogen-bond donors (Lipinski definition) is 1. The maximum absolute atomic E-state index is 5.89. The minimum absolute atomic E-state index is 0.725. The van der Waals surface area contributed by atoms with Crippen molar-refractivity contribution < 1.29 is 0 Å². The lowest BCUT2D eigenvalue weighted by Gasteiger charge is -2.19. The molecule has 17 heavy (non-hydrogen) atoms. The predicted octanol–water partition coefficient (Wildman–Crippen LogP) is 2.34. The molecule has 0 saturated carbocycles. The maximum atomic E-state index is 5.89. The van der Waals surface area contributed by atoms with Crippen LogP contribution in [0.25, 0.3) is 0 Å². The highest BCUT2D eigenvalue weighted by Gasteiger charge is 2.05. The SMILES string of the molecule is CN(CCc1ccccc1)c1ncccc1N. The Morgan fingerprint density at radius 1 is 1.12 bits per heavy atom. The molecule has 0 atom stereocenters. The number of nitrogen functional groups attached to an aromatic ring is 1. The molecule has 88 valence electrons. The van der Waals surface area contributed by atoms with Crippen molar-refractivity contribution >= 4 is 11.5 Å². The maximum Gasteiger partial charge on any atom is 0.151 e. The molecule has 1 heterocycles. The van der Waals surface area contributed by atoms with Crippen LogP contribution in [-0.2, 0) is 6.42 Å². The Morgan fingerprint density at radius 3 is 2.59 bits per heavy atom. The lowest BCUT2D eigenvalue weighted by atomic mass is 10.1. The van der Waals surface area contributed by atoms with Crippen LogP contribution in [0.3, 0.4) is 0 Å². The summed E-state index contributed by atoms with van der Waals surface area (Å²) in [6, 6.07) is 14.1. The first-order valence-electron chi connectivity index (χ1n) is 5.73. The van der Waals surface area contributed by atoms with Gasteiger partial charge in [0, 0.05) is 19.8 Å². The second kappa shape index (κ2) is 5.34. The van der Waals surface area contributed by atoms with Crippen LogP contribution < -0.4 is 10.6 Å². The van der Waals surface area contributed by atoms with Gasteiger partial charge in [0.2, 0.25) is 0 Å². The average molecular weight is 227 g/mol. The van der Waals surface area contributed by atoms with Crippen LogP contribution in [0.15, 0.2) is 48.7 Å². The van der Waals surface area contributed by atoms with E-state index in [0.29, 0.717) is 0 Å². The first-order valence-corrected chi connectivity index (χ1v) is 5.73. The molecule has 2 rings (SSSR count). The molecule has 0 aliphatic heterocycles. The Hall–Kier alpha value is -2.03. The van der Waals surface area contributed by atoms with Crippen LogP contribution in [0.4, 0.5) is 11.5 Å². The van der Waals surface area contributed by atoms with Crippen molar-refractivity contribution in [1.82, 2.24) is 4.98 Å². The standard InChI is InChI=1S/C14H17N3/c1-17(14-13(15)8-5-10-16-14)11-9-12-6-3-2-4-7-12/h2-8,10H,9,11,15H2,1H3. The Labute approximate surface area is 102 Å². The third-order valence-corrected chi connectivity index (χ3v) is 2.76. The highest BCUT2D eigenvalue weighted by molar-refractivity contribution is 5.61. The molecule has 1 aromatic heterocycles. The van der Waals surface area contributed by atoms with Crippen LogP contribution in [0.1, 0.15) is 5.56 Å². The van der Waals surface area contributed by atoms with E-state index in [-0.39, 0.29) is 0 Å². The zero-order valence-electron chi connectivity index (χ0n) is 10.0. The van der Waals surface area contributed by atoms with Gasteiger partial charge in [-0.05, 0) is 24.1 Å². The van der Waals surface area contributed by atoms with Crippen molar-refractivity contribution in [2.45, 2.75) is 6.42 Å². The number of nitrogens with zero attached hydrogens (tertiary/aromatic N) is 2. The summed E-state index contributed by atoms with van der Waals surface area (Å²) >= 11 is 0. The summed E-state index contributed by atoms with van der Waals surface area (Å²) in [5, 5.41) is 0. The van der Waals surface area contributed by atoms with E-state index >= 15 is 0 Å². The zero-order chi connectivity index (χ0) is 12.1. The second-order valence-electron chi connectivity index (χ2n) is 4.07. The van der Waals surface area contributed by atoms with E-state index in [1.54, 1.807) is 6.20 Å². The van der Waals surface area contributed by atoms with Crippen LogP contribution in [0.2, 0.25) is 0 Å². The summed E-state index contributed by atoms with van der Waals surface area (Å²) in [6.07, 6.45) is 2.76. The fourth-order valence-electron chi connectivity index (χ4n) is 1.78. The number of hydrogen-bond acceptors (Lipinski definition) is 3. The van der Waals surface area contributed by atoms with E-state index < -0.39 is 0 Å². The van der Waals surface area contributed by atoms with Gasteiger partial charge in [0.15, 0.2) is 5.82 Å². The van der Waals surface area contributed by atoms with Crippen molar-refractivity contribution in [2.24, 2.45) is 0 Å². The number of rotatable bonds is 4. The number of nitrogens with two attached hydrogens (primary N) is 1. The first kappa shape index (κ1) is 11.5. The van der Waals surface area contributed by atoms with Crippen LogP contribution >= 0.6 is 0 Å². The number of benzene rings is 1. The molecule has 2 aromatic rings. The topological polar surface area (TPSA) is 42.2 Å². The van der Waals surface area contributed by atoms with E-state index in [4.69, 9.17) is 5.73 Å². The van der Waals surface area contributed by atoms with E-state index in [1.807, 2.05) is 25.2 Å². The fraction of sp³-hybridized carbons (Fsp3) is 0.214. The molecule has 0 amide bonds. The molecular weight excluding hydrogens is 210 g/mol. The third-order valence-electron chi connectivity index (χ3n) is 2.76. The summed E-state index contributed by atoms with van der Waals surface area (Å²) in [6.45, 7) is 0.908. The largest absolute Gasteiger partial charge is 0.396 e. The quantitative estimate of drug-likeness (QED) is 0.871. The van der Waals surface area contributed by atoms with Gasteiger partial charge in [-0.15, -0.1) is 0 Å². The lowest BCUT2D eigenvalue weighted by molar-refractivity contribution is 0.861. The molecule has 0 spiro atoms. The number of likely N-dealkylation sites (N-methyl/N-ethyl adjacent to an activating group) is 1. The lowest BCUT2D eigenvalue weighted by Crippen LogP contribution is -2.22. The molecule has 0 bridgehead atoms. The molecule has 0 saturated heterocycles.